The average molecular weight is 205 g/mol. The van der Waals surface area contributed by atoms with E-state index in [1.807, 2.05) is 5.92 Å². The molecule has 0 aromatic heterocycles. The van der Waals surface area contributed by atoms with Gasteiger partial charge in [-0.15, -0.1) is 0 Å². The normalized spacial score (nSPS) is 43.8. The molecule has 3 atom stereocenters. The van der Waals surface area contributed by atoms with E-state index >= 15 is 0 Å². The predicted molar refractivity (Wildman–Crippen MR) is 64.4 cm³/mol. The summed E-state index contributed by atoms with van der Waals surface area (Å²) in [4.78, 5) is 0. The van der Waals surface area contributed by atoms with Crippen LogP contribution in [0.4, 0.5) is 0 Å². The van der Waals surface area contributed by atoms with Crippen LogP contribution in [0, 0.1) is 29.6 Å². The molecule has 0 aliphatic heterocycles. The van der Waals surface area contributed by atoms with Crippen molar-refractivity contribution in [2.75, 3.05) is 0 Å². The molecule has 0 saturated heterocycles. The van der Waals surface area contributed by atoms with Gasteiger partial charge in [0.15, 0.2) is 0 Å². The highest BCUT2D eigenvalue weighted by molar-refractivity contribution is 5.13. The highest BCUT2D eigenvalue weighted by Crippen LogP contribution is 2.58. The third-order valence-corrected chi connectivity index (χ3v) is 5.25. The molecular formula is C15H25. The van der Waals surface area contributed by atoms with Crippen molar-refractivity contribution >= 4 is 0 Å². The van der Waals surface area contributed by atoms with E-state index in [9.17, 15) is 0 Å². The van der Waals surface area contributed by atoms with Crippen LogP contribution in [-0.2, 0) is 0 Å². The topological polar surface area (TPSA) is 0 Å². The van der Waals surface area contributed by atoms with Crippen LogP contribution in [0.25, 0.3) is 0 Å². The molecule has 0 aromatic rings. The van der Waals surface area contributed by atoms with Crippen LogP contribution in [0.3, 0.4) is 0 Å². The Balaban J connectivity index is 1.60. The molecule has 4 aliphatic carbocycles. The van der Waals surface area contributed by atoms with Gasteiger partial charge in [0.05, 0.1) is 0 Å². The fourth-order valence-electron chi connectivity index (χ4n) is 4.79. The van der Waals surface area contributed by atoms with Crippen LogP contribution in [0.15, 0.2) is 0 Å². The summed E-state index contributed by atoms with van der Waals surface area (Å²) in [5.41, 5.74) is 0. The molecule has 0 amide bonds. The lowest BCUT2D eigenvalue weighted by Gasteiger charge is -2.54. The molecule has 0 spiro atoms. The first-order valence-electron chi connectivity index (χ1n) is 7.21. The minimum atomic E-state index is 1.07. The summed E-state index contributed by atoms with van der Waals surface area (Å²) in [6.07, 6.45) is 13.7. The van der Waals surface area contributed by atoms with Crippen LogP contribution in [0.1, 0.15) is 64.7 Å². The van der Waals surface area contributed by atoms with E-state index in [1.165, 1.54) is 38.5 Å². The minimum absolute atomic E-state index is 1.07. The Bertz CT molecular complexity index is 190. The lowest BCUT2D eigenvalue weighted by Crippen LogP contribution is -2.43. The highest BCUT2D eigenvalue weighted by Gasteiger charge is 2.47. The molecular weight excluding hydrogens is 180 g/mol. The van der Waals surface area contributed by atoms with E-state index in [-0.39, 0.29) is 0 Å². The quantitative estimate of drug-likeness (QED) is 0.588. The highest BCUT2D eigenvalue weighted by atomic mass is 14.5. The zero-order valence-corrected chi connectivity index (χ0v) is 10.2. The van der Waals surface area contributed by atoms with Gasteiger partial charge < -0.3 is 0 Å². The number of hydrogen-bond acceptors (Lipinski definition) is 0. The third-order valence-electron chi connectivity index (χ3n) is 5.25. The predicted octanol–water partition coefficient (Wildman–Crippen LogP) is 4.60. The summed E-state index contributed by atoms with van der Waals surface area (Å²) in [5.74, 6) is 6.46. The first kappa shape index (κ1) is 10.2. The molecule has 85 valence electrons. The van der Waals surface area contributed by atoms with E-state index in [1.54, 1.807) is 19.3 Å². The Morgan fingerprint density at radius 2 is 1.73 bits per heavy atom. The van der Waals surface area contributed by atoms with Crippen molar-refractivity contribution in [1.82, 2.24) is 0 Å². The average Bonchev–Trinajstić information content (AvgIpc) is 2.21. The molecule has 3 unspecified atom stereocenters. The Kier molecular flexibility index (Phi) is 2.79. The van der Waals surface area contributed by atoms with E-state index in [2.05, 4.69) is 6.92 Å². The Morgan fingerprint density at radius 3 is 2.33 bits per heavy atom. The van der Waals surface area contributed by atoms with Gasteiger partial charge in [0.1, 0.15) is 0 Å². The van der Waals surface area contributed by atoms with Crippen LogP contribution in [-0.4, -0.2) is 0 Å². The maximum atomic E-state index is 2.32. The smallest absolute Gasteiger partial charge is 0.0202 e. The van der Waals surface area contributed by atoms with Crippen LogP contribution in [0.5, 0.6) is 0 Å². The zero-order chi connectivity index (χ0) is 10.3. The van der Waals surface area contributed by atoms with Gasteiger partial charge in [-0.2, -0.15) is 0 Å². The third kappa shape index (κ3) is 1.85. The number of hydrogen-bond donors (Lipinski definition) is 0. The molecule has 0 N–H and O–H groups in total. The molecule has 1 radical (unpaired) electrons. The van der Waals surface area contributed by atoms with E-state index in [4.69, 9.17) is 0 Å². The first-order chi connectivity index (χ1) is 7.36. The van der Waals surface area contributed by atoms with Crippen molar-refractivity contribution in [3.05, 3.63) is 5.92 Å². The molecule has 4 saturated carbocycles. The van der Waals surface area contributed by atoms with E-state index in [0.717, 1.165) is 23.7 Å². The van der Waals surface area contributed by atoms with Gasteiger partial charge in [-0.05, 0) is 68.1 Å². The van der Waals surface area contributed by atoms with Gasteiger partial charge >= 0.3 is 0 Å². The molecule has 0 heteroatoms. The molecule has 4 bridgehead atoms. The lowest BCUT2D eigenvalue weighted by atomic mass is 9.51. The molecule has 0 aromatic carbocycles. The lowest BCUT2D eigenvalue weighted by molar-refractivity contribution is 0.0378. The second-order valence-corrected chi connectivity index (χ2v) is 6.37. The fourth-order valence-corrected chi connectivity index (χ4v) is 4.79. The van der Waals surface area contributed by atoms with Gasteiger partial charge in [0, 0.05) is 0 Å². The number of rotatable bonds is 4. The second kappa shape index (κ2) is 4.11. The molecule has 0 heterocycles. The van der Waals surface area contributed by atoms with Crippen molar-refractivity contribution in [1.29, 1.82) is 0 Å². The van der Waals surface area contributed by atoms with Crippen LogP contribution in [0.2, 0.25) is 0 Å². The summed E-state index contributed by atoms with van der Waals surface area (Å²) in [7, 11) is 0. The van der Waals surface area contributed by atoms with Crippen molar-refractivity contribution in [3.63, 3.8) is 0 Å². The molecule has 0 nitrogen and oxygen atoms in total. The summed E-state index contributed by atoms with van der Waals surface area (Å²) in [6.45, 7) is 2.32. The van der Waals surface area contributed by atoms with Gasteiger partial charge in [-0.3, -0.25) is 0 Å². The molecule has 4 rings (SSSR count). The zero-order valence-electron chi connectivity index (χ0n) is 10.2. The second-order valence-electron chi connectivity index (χ2n) is 6.37. The maximum Gasteiger partial charge on any atom is -0.0202 e. The summed E-state index contributed by atoms with van der Waals surface area (Å²) < 4.78 is 0. The summed E-state index contributed by atoms with van der Waals surface area (Å²) in [5, 5.41) is 0. The van der Waals surface area contributed by atoms with Gasteiger partial charge in [-0.25, -0.2) is 0 Å². The van der Waals surface area contributed by atoms with Crippen molar-refractivity contribution < 1.29 is 0 Å². The standard InChI is InChI=1S/C15H25/c1-2-3-4-5-15-13-7-11-6-12(9-13)10-14(15)8-11/h11-13,15H,2-10H2,1H3. The Labute approximate surface area is 94.8 Å². The maximum absolute atomic E-state index is 2.32. The Morgan fingerprint density at radius 1 is 1.00 bits per heavy atom. The molecule has 4 fully saturated rings. The van der Waals surface area contributed by atoms with E-state index in [0.29, 0.717) is 0 Å². The molecule has 15 heavy (non-hydrogen) atoms. The van der Waals surface area contributed by atoms with Crippen LogP contribution < -0.4 is 0 Å². The van der Waals surface area contributed by atoms with Gasteiger partial charge in [0.25, 0.3) is 0 Å². The van der Waals surface area contributed by atoms with Gasteiger partial charge in [0.2, 0.25) is 0 Å². The minimum Gasteiger partial charge on any atom is -0.0654 e. The monoisotopic (exact) mass is 205 g/mol. The van der Waals surface area contributed by atoms with Gasteiger partial charge in [-0.1, -0.05) is 26.2 Å². The SMILES string of the molecule is CCCCCC1[C]2CC3CC(C2)CC1C3. The molecule has 4 aliphatic rings. The summed E-state index contributed by atoms with van der Waals surface area (Å²) in [6, 6.07) is 0. The number of unbranched alkanes of at least 4 members (excludes halogenated alkanes) is 2. The van der Waals surface area contributed by atoms with Crippen molar-refractivity contribution in [2.24, 2.45) is 23.7 Å². The summed E-state index contributed by atoms with van der Waals surface area (Å²) >= 11 is 0. The first-order valence-corrected chi connectivity index (χ1v) is 7.21. The van der Waals surface area contributed by atoms with Crippen molar-refractivity contribution in [3.8, 4) is 0 Å². The van der Waals surface area contributed by atoms with Crippen molar-refractivity contribution in [2.45, 2.75) is 64.7 Å². The fraction of sp³-hybridized carbons (Fsp3) is 0.933. The Hall–Kier alpha value is 0. The largest absolute Gasteiger partial charge is 0.0654 e. The van der Waals surface area contributed by atoms with Crippen LogP contribution >= 0.6 is 0 Å². The van der Waals surface area contributed by atoms with E-state index < -0.39 is 0 Å².